The lowest BCUT2D eigenvalue weighted by Crippen LogP contribution is -2.56. The molecule has 0 bridgehead atoms. The monoisotopic (exact) mass is 209 g/mol. The largest absolute Gasteiger partial charge is 0.370 e. The zero-order valence-corrected chi connectivity index (χ0v) is 10.2. The van der Waals surface area contributed by atoms with Crippen LogP contribution in [0.5, 0.6) is 0 Å². The van der Waals surface area contributed by atoms with E-state index in [-0.39, 0.29) is 5.54 Å². The molecule has 2 N–H and O–H groups in total. The van der Waals surface area contributed by atoms with Crippen molar-refractivity contribution in [3.05, 3.63) is 0 Å². The van der Waals surface area contributed by atoms with Crippen molar-refractivity contribution in [1.29, 1.82) is 0 Å². The van der Waals surface area contributed by atoms with Gasteiger partial charge in [-0.2, -0.15) is 0 Å². The van der Waals surface area contributed by atoms with Crippen molar-refractivity contribution in [3.8, 4) is 0 Å². The second-order valence-corrected chi connectivity index (χ2v) is 5.56. The first-order valence-electron chi connectivity index (χ1n) is 6.14. The van der Waals surface area contributed by atoms with Crippen molar-refractivity contribution in [1.82, 2.24) is 4.90 Å². The zero-order chi connectivity index (χ0) is 11.1. The number of hydrogen-bond donors (Lipinski definition) is 1. The average Bonchev–Trinajstić information content (AvgIpc) is 2.43. The van der Waals surface area contributed by atoms with E-state index in [1.165, 1.54) is 25.7 Å². The van der Waals surface area contributed by atoms with Crippen LogP contribution in [0, 0.1) is 5.92 Å². The Morgan fingerprint density at radius 1 is 1.53 bits per heavy atom. The molecule has 0 saturated heterocycles. The van der Waals surface area contributed by atoms with Gasteiger partial charge in [0.1, 0.15) is 0 Å². The molecular weight excluding hydrogens is 186 g/mol. The van der Waals surface area contributed by atoms with Gasteiger partial charge >= 0.3 is 0 Å². The van der Waals surface area contributed by atoms with Gasteiger partial charge in [0.15, 0.2) is 5.96 Å². The molecule has 1 spiro atoms. The first-order valence-corrected chi connectivity index (χ1v) is 6.14. The molecule has 3 nitrogen and oxygen atoms in total. The lowest BCUT2D eigenvalue weighted by atomic mass is 9.75. The molecule has 0 aromatic carbocycles. The summed E-state index contributed by atoms with van der Waals surface area (Å²) in [4.78, 5) is 6.83. The van der Waals surface area contributed by atoms with Crippen molar-refractivity contribution in [2.75, 3.05) is 6.54 Å². The highest BCUT2D eigenvalue weighted by Gasteiger charge is 2.45. The van der Waals surface area contributed by atoms with Gasteiger partial charge in [-0.3, -0.25) is 4.99 Å². The zero-order valence-electron chi connectivity index (χ0n) is 10.2. The number of rotatable bonds is 1. The third kappa shape index (κ3) is 1.72. The van der Waals surface area contributed by atoms with Crippen molar-refractivity contribution in [3.63, 3.8) is 0 Å². The van der Waals surface area contributed by atoms with Gasteiger partial charge in [-0.05, 0) is 32.6 Å². The van der Waals surface area contributed by atoms with E-state index in [0.717, 1.165) is 18.4 Å². The molecular formula is C12H23N3. The summed E-state index contributed by atoms with van der Waals surface area (Å²) >= 11 is 0. The standard InChI is InChI=1S/C12H23N3/c1-9(2)15-11(13)14-8-12(15)6-4-5-10(3)7-12/h9-10H,4-8H2,1-3H3,(H2,13,14). The summed E-state index contributed by atoms with van der Waals surface area (Å²) in [5.74, 6) is 1.58. The summed E-state index contributed by atoms with van der Waals surface area (Å²) in [7, 11) is 0. The first-order chi connectivity index (χ1) is 7.05. The number of nitrogens with two attached hydrogens (primary N) is 1. The molecule has 0 amide bonds. The van der Waals surface area contributed by atoms with Gasteiger partial charge < -0.3 is 10.6 Å². The van der Waals surface area contributed by atoms with Crippen LogP contribution in [0.1, 0.15) is 46.5 Å². The average molecular weight is 209 g/mol. The molecule has 1 aliphatic heterocycles. The summed E-state index contributed by atoms with van der Waals surface area (Å²) in [6.07, 6.45) is 5.22. The normalized spacial score (nSPS) is 36.4. The molecule has 1 aliphatic carbocycles. The fourth-order valence-electron chi connectivity index (χ4n) is 3.43. The Labute approximate surface area is 92.7 Å². The van der Waals surface area contributed by atoms with Crippen LogP contribution >= 0.6 is 0 Å². The maximum absolute atomic E-state index is 6.01. The van der Waals surface area contributed by atoms with Gasteiger partial charge in [0, 0.05) is 6.04 Å². The molecule has 2 rings (SSSR count). The van der Waals surface area contributed by atoms with E-state index >= 15 is 0 Å². The summed E-state index contributed by atoms with van der Waals surface area (Å²) in [5, 5.41) is 0. The van der Waals surface area contributed by atoms with Crippen LogP contribution in [-0.2, 0) is 0 Å². The summed E-state index contributed by atoms with van der Waals surface area (Å²) in [6, 6.07) is 0.474. The van der Waals surface area contributed by atoms with Gasteiger partial charge in [-0.25, -0.2) is 0 Å². The Bertz CT molecular complexity index is 272. The Kier molecular flexibility index (Phi) is 2.65. The van der Waals surface area contributed by atoms with Gasteiger partial charge in [0.2, 0.25) is 0 Å². The Morgan fingerprint density at radius 3 is 2.87 bits per heavy atom. The molecule has 2 atom stereocenters. The molecule has 1 fully saturated rings. The molecule has 15 heavy (non-hydrogen) atoms. The molecule has 2 aliphatic rings. The van der Waals surface area contributed by atoms with E-state index in [1.807, 2.05) is 0 Å². The maximum atomic E-state index is 6.01. The predicted molar refractivity (Wildman–Crippen MR) is 63.8 cm³/mol. The fraction of sp³-hybridized carbons (Fsp3) is 0.917. The third-order valence-electron chi connectivity index (χ3n) is 3.88. The molecule has 1 saturated carbocycles. The SMILES string of the molecule is CC1CCCC2(CN=C(N)N2C(C)C)C1. The van der Waals surface area contributed by atoms with Crippen LogP contribution in [0.4, 0.5) is 0 Å². The fourth-order valence-corrected chi connectivity index (χ4v) is 3.43. The third-order valence-corrected chi connectivity index (χ3v) is 3.88. The molecule has 2 unspecified atom stereocenters. The molecule has 0 aromatic heterocycles. The quantitative estimate of drug-likeness (QED) is 0.717. The van der Waals surface area contributed by atoms with Crippen LogP contribution in [0.2, 0.25) is 0 Å². The predicted octanol–water partition coefficient (Wildman–Crippen LogP) is 1.97. The molecule has 0 aromatic rings. The van der Waals surface area contributed by atoms with E-state index in [2.05, 4.69) is 30.7 Å². The summed E-state index contributed by atoms with van der Waals surface area (Å²) < 4.78 is 0. The number of nitrogens with zero attached hydrogens (tertiary/aromatic N) is 2. The smallest absolute Gasteiger partial charge is 0.192 e. The van der Waals surface area contributed by atoms with Crippen LogP contribution in [0.15, 0.2) is 4.99 Å². The number of hydrogen-bond acceptors (Lipinski definition) is 3. The van der Waals surface area contributed by atoms with E-state index in [9.17, 15) is 0 Å². The highest BCUT2D eigenvalue weighted by Crippen LogP contribution is 2.40. The molecule has 3 heteroatoms. The van der Waals surface area contributed by atoms with E-state index in [1.54, 1.807) is 0 Å². The minimum absolute atomic E-state index is 0.260. The van der Waals surface area contributed by atoms with Crippen LogP contribution in [0.25, 0.3) is 0 Å². The minimum Gasteiger partial charge on any atom is -0.370 e. The van der Waals surface area contributed by atoms with Crippen molar-refractivity contribution in [2.24, 2.45) is 16.6 Å². The van der Waals surface area contributed by atoms with Crippen molar-refractivity contribution >= 4 is 5.96 Å². The van der Waals surface area contributed by atoms with Crippen molar-refractivity contribution < 1.29 is 0 Å². The van der Waals surface area contributed by atoms with E-state index in [4.69, 9.17) is 5.73 Å². The van der Waals surface area contributed by atoms with Crippen LogP contribution in [-0.4, -0.2) is 29.0 Å². The summed E-state index contributed by atoms with van der Waals surface area (Å²) in [6.45, 7) is 7.71. The molecule has 1 heterocycles. The first kappa shape index (κ1) is 10.8. The lowest BCUT2D eigenvalue weighted by Gasteiger charge is -2.46. The second-order valence-electron chi connectivity index (χ2n) is 5.56. The second kappa shape index (κ2) is 3.69. The number of guanidine groups is 1. The number of aliphatic imine (C=N–C) groups is 1. The van der Waals surface area contributed by atoms with Gasteiger partial charge in [-0.1, -0.05) is 19.8 Å². The lowest BCUT2D eigenvalue weighted by molar-refractivity contribution is 0.0915. The molecule has 86 valence electrons. The minimum atomic E-state index is 0.260. The van der Waals surface area contributed by atoms with Crippen LogP contribution < -0.4 is 5.73 Å². The van der Waals surface area contributed by atoms with E-state index in [0.29, 0.717) is 6.04 Å². The van der Waals surface area contributed by atoms with Crippen LogP contribution in [0.3, 0.4) is 0 Å². The Hall–Kier alpha value is -0.730. The van der Waals surface area contributed by atoms with Gasteiger partial charge in [0.05, 0.1) is 12.1 Å². The summed E-state index contributed by atoms with van der Waals surface area (Å²) in [5.41, 5.74) is 6.27. The highest BCUT2D eigenvalue weighted by atomic mass is 15.4. The van der Waals surface area contributed by atoms with Crippen molar-refractivity contribution in [2.45, 2.75) is 58.0 Å². The Balaban J connectivity index is 2.21. The molecule has 0 radical (unpaired) electrons. The topological polar surface area (TPSA) is 41.6 Å². The van der Waals surface area contributed by atoms with Gasteiger partial charge in [0.25, 0.3) is 0 Å². The van der Waals surface area contributed by atoms with Gasteiger partial charge in [-0.15, -0.1) is 0 Å². The Morgan fingerprint density at radius 2 is 2.27 bits per heavy atom. The maximum Gasteiger partial charge on any atom is 0.192 e. The van der Waals surface area contributed by atoms with E-state index < -0.39 is 0 Å². The highest BCUT2D eigenvalue weighted by molar-refractivity contribution is 5.81.